The van der Waals surface area contributed by atoms with Crippen LogP contribution in [0.25, 0.3) is 10.8 Å². The van der Waals surface area contributed by atoms with Crippen LogP contribution in [-0.4, -0.2) is 58.3 Å². The molecule has 2 aliphatic rings. The second kappa shape index (κ2) is 9.17. The Hall–Kier alpha value is -3.87. The van der Waals surface area contributed by atoms with E-state index in [0.29, 0.717) is 36.0 Å². The lowest BCUT2D eigenvalue weighted by molar-refractivity contribution is -0.119. The summed E-state index contributed by atoms with van der Waals surface area (Å²) in [6.07, 6.45) is 3.33. The first-order chi connectivity index (χ1) is 16.5. The number of anilines is 1. The predicted octanol–water partition coefficient (Wildman–Crippen LogP) is 4.02. The maximum Gasteiger partial charge on any atom is 0.258 e. The Morgan fingerprint density at radius 1 is 0.824 bits per heavy atom. The molecule has 2 heterocycles. The van der Waals surface area contributed by atoms with Crippen LogP contribution < -0.4 is 5.32 Å². The van der Waals surface area contributed by atoms with Crippen molar-refractivity contribution < 1.29 is 19.5 Å². The minimum Gasteiger partial charge on any atom is -0.506 e. The zero-order valence-corrected chi connectivity index (χ0v) is 18.9. The van der Waals surface area contributed by atoms with Gasteiger partial charge in [0.15, 0.2) is 0 Å². The van der Waals surface area contributed by atoms with Crippen molar-refractivity contribution in [2.24, 2.45) is 0 Å². The summed E-state index contributed by atoms with van der Waals surface area (Å²) >= 11 is 0. The Bertz CT molecular complexity index is 1250. The Labute approximate surface area is 198 Å². The maximum atomic E-state index is 13.3. The maximum absolute atomic E-state index is 13.3. The molecule has 3 aromatic carbocycles. The van der Waals surface area contributed by atoms with Crippen molar-refractivity contribution in [3.63, 3.8) is 0 Å². The van der Waals surface area contributed by atoms with E-state index in [9.17, 15) is 19.5 Å². The quantitative estimate of drug-likeness (QED) is 0.619. The van der Waals surface area contributed by atoms with Gasteiger partial charge in [0.05, 0.1) is 5.56 Å². The second-order valence-corrected chi connectivity index (χ2v) is 8.91. The Kier molecular flexibility index (Phi) is 5.92. The molecule has 0 spiro atoms. The van der Waals surface area contributed by atoms with E-state index in [1.165, 1.54) is 4.90 Å². The highest BCUT2D eigenvalue weighted by molar-refractivity contribution is 6.06. The van der Waals surface area contributed by atoms with Gasteiger partial charge in [-0.15, -0.1) is 0 Å². The number of rotatable bonds is 4. The van der Waals surface area contributed by atoms with Crippen molar-refractivity contribution in [1.29, 1.82) is 0 Å². The molecule has 5 rings (SSSR count). The number of phenolic OH excluding ortho intramolecular Hbond substituents is 1. The van der Waals surface area contributed by atoms with E-state index in [0.717, 1.165) is 31.3 Å². The zero-order chi connectivity index (χ0) is 23.7. The highest BCUT2D eigenvalue weighted by Gasteiger charge is 2.35. The molecule has 174 valence electrons. The van der Waals surface area contributed by atoms with Crippen molar-refractivity contribution in [1.82, 2.24) is 9.80 Å². The summed E-state index contributed by atoms with van der Waals surface area (Å²) in [5, 5.41) is 15.0. The van der Waals surface area contributed by atoms with Gasteiger partial charge in [0.25, 0.3) is 11.8 Å². The number of benzene rings is 3. The number of nitrogens with one attached hydrogen (secondary N) is 1. The number of fused-ring (bicyclic) bond motifs is 1. The van der Waals surface area contributed by atoms with Crippen LogP contribution in [0.1, 0.15) is 46.4 Å². The van der Waals surface area contributed by atoms with E-state index in [1.54, 1.807) is 42.5 Å². The van der Waals surface area contributed by atoms with Gasteiger partial charge in [-0.2, -0.15) is 0 Å². The molecule has 7 heteroatoms. The van der Waals surface area contributed by atoms with Gasteiger partial charge in [0.1, 0.15) is 11.8 Å². The monoisotopic (exact) mass is 457 g/mol. The number of hydrogen-bond donors (Lipinski definition) is 2. The van der Waals surface area contributed by atoms with Gasteiger partial charge in [-0.1, -0.05) is 30.3 Å². The van der Waals surface area contributed by atoms with Gasteiger partial charge < -0.3 is 20.2 Å². The van der Waals surface area contributed by atoms with Crippen LogP contribution >= 0.6 is 0 Å². The fourth-order valence-corrected chi connectivity index (χ4v) is 4.89. The van der Waals surface area contributed by atoms with Gasteiger partial charge in [-0.05, 0) is 61.4 Å². The molecule has 2 saturated heterocycles. The molecule has 3 aromatic rings. The van der Waals surface area contributed by atoms with Crippen LogP contribution in [0.5, 0.6) is 5.75 Å². The summed E-state index contributed by atoms with van der Waals surface area (Å²) in [6.45, 7) is 2.03. The summed E-state index contributed by atoms with van der Waals surface area (Å²) in [5.74, 6) is -0.678. The Morgan fingerprint density at radius 2 is 1.56 bits per heavy atom. The van der Waals surface area contributed by atoms with Gasteiger partial charge >= 0.3 is 0 Å². The number of likely N-dealkylation sites (tertiary alicyclic amines) is 2. The summed E-state index contributed by atoms with van der Waals surface area (Å²) in [5.41, 5.74) is 1.38. The molecule has 0 aliphatic carbocycles. The number of hydrogen-bond acceptors (Lipinski definition) is 4. The van der Waals surface area contributed by atoms with Crippen molar-refractivity contribution in [3.8, 4) is 5.75 Å². The van der Waals surface area contributed by atoms with Gasteiger partial charge in [-0.3, -0.25) is 14.4 Å². The van der Waals surface area contributed by atoms with Crippen molar-refractivity contribution >= 4 is 34.2 Å². The van der Waals surface area contributed by atoms with Crippen LogP contribution in [0.2, 0.25) is 0 Å². The largest absolute Gasteiger partial charge is 0.506 e. The topological polar surface area (TPSA) is 90.0 Å². The number of amides is 3. The third kappa shape index (κ3) is 4.09. The van der Waals surface area contributed by atoms with Crippen LogP contribution in [0.4, 0.5) is 5.69 Å². The second-order valence-electron chi connectivity index (χ2n) is 8.91. The molecule has 3 amide bonds. The average molecular weight is 458 g/mol. The molecule has 0 unspecified atom stereocenters. The van der Waals surface area contributed by atoms with Crippen LogP contribution in [0.3, 0.4) is 0 Å². The molecular weight excluding hydrogens is 430 g/mol. The lowest BCUT2D eigenvalue weighted by Gasteiger charge is -2.24. The molecule has 0 aromatic heterocycles. The summed E-state index contributed by atoms with van der Waals surface area (Å²) in [6, 6.07) is 17.0. The number of nitrogens with zero attached hydrogens (tertiary/aromatic N) is 2. The van der Waals surface area contributed by atoms with Crippen molar-refractivity contribution in [2.75, 3.05) is 25.0 Å². The van der Waals surface area contributed by atoms with E-state index in [2.05, 4.69) is 5.32 Å². The first-order valence-electron chi connectivity index (χ1n) is 11.7. The van der Waals surface area contributed by atoms with E-state index < -0.39 is 6.04 Å². The predicted molar refractivity (Wildman–Crippen MR) is 130 cm³/mol. The summed E-state index contributed by atoms with van der Waals surface area (Å²) in [7, 11) is 0. The minimum absolute atomic E-state index is 0.0122. The molecular formula is C27H27N3O4. The Morgan fingerprint density at radius 3 is 2.32 bits per heavy atom. The van der Waals surface area contributed by atoms with E-state index >= 15 is 0 Å². The SMILES string of the molecule is O=C(Nc1ccc(C(=O)N2CCCC2)cc1)[C@H]1CCCN1C(=O)c1ccc2ccccc2c1O. The highest BCUT2D eigenvalue weighted by Crippen LogP contribution is 2.31. The molecule has 0 bridgehead atoms. The number of carbonyl (C=O) groups excluding carboxylic acids is 3. The standard InChI is InChI=1S/C27H27N3O4/c31-24-21-7-2-1-6-18(21)11-14-22(24)27(34)30-17-5-8-23(30)25(32)28-20-12-9-19(10-13-20)26(33)29-15-3-4-16-29/h1-2,6-7,9-14,23,31H,3-5,8,15-17H2,(H,28,32)/t23-/m1/s1. The number of carbonyl (C=O) groups is 3. The normalized spacial score (nSPS) is 17.8. The summed E-state index contributed by atoms with van der Waals surface area (Å²) < 4.78 is 0. The lowest BCUT2D eigenvalue weighted by Crippen LogP contribution is -2.43. The molecule has 2 aliphatic heterocycles. The third-order valence-corrected chi connectivity index (χ3v) is 6.74. The van der Waals surface area contributed by atoms with Gasteiger partial charge in [-0.25, -0.2) is 0 Å². The molecule has 2 N–H and O–H groups in total. The smallest absolute Gasteiger partial charge is 0.258 e. The average Bonchev–Trinajstić information content (AvgIpc) is 3.57. The first-order valence-corrected chi connectivity index (χ1v) is 11.7. The van der Waals surface area contributed by atoms with Gasteiger partial charge in [0, 0.05) is 36.3 Å². The zero-order valence-electron chi connectivity index (χ0n) is 18.9. The Balaban J connectivity index is 1.29. The molecule has 7 nitrogen and oxygen atoms in total. The van der Waals surface area contributed by atoms with E-state index in [4.69, 9.17) is 0 Å². The van der Waals surface area contributed by atoms with Crippen molar-refractivity contribution in [2.45, 2.75) is 31.7 Å². The highest BCUT2D eigenvalue weighted by atomic mass is 16.3. The fourth-order valence-electron chi connectivity index (χ4n) is 4.89. The molecule has 2 fully saturated rings. The molecule has 1 atom stereocenters. The number of aromatic hydroxyl groups is 1. The molecule has 0 saturated carbocycles. The van der Waals surface area contributed by atoms with Crippen LogP contribution in [0, 0.1) is 0 Å². The molecule has 34 heavy (non-hydrogen) atoms. The first kappa shape index (κ1) is 21.9. The lowest BCUT2D eigenvalue weighted by atomic mass is 10.0. The van der Waals surface area contributed by atoms with E-state index in [-0.39, 0.29) is 29.0 Å². The van der Waals surface area contributed by atoms with Crippen LogP contribution in [0.15, 0.2) is 60.7 Å². The number of phenols is 1. The van der Waals surface area contributed by atoms with Crippen LogP contribution in [-0.2, 0) is 4.79 Å². The third-order valence-electron chi connectivity index (χ3n) is 6.74. The fraction of sp³-hybridized carbons (Fsp3) is 0.296. The van der Waals surface area contributed by atoms with Gasteiger partial charge in [0.2, 0.25) is 5.91 Å². The molecule has 0 radical (unpaired) electrons. The van der Waals surface area contributed by atoms with Crippen molar-refractivity contribution in [3.05, 3.63) is 71.8 Å². The minimum atomic E-state index is -0.621. The summed E-state index contributed by atoms with van der Waals surface area (Å²) in [4.78, 5) is 42.2. The van der Waals surface area contributed by atoms with E-state index in [1.807, 2.05) is 23.1 Å².